The van der Waals surface area contributed by atoms with Gasteiger partial charge in [0.05, 0.1) is 18.5 Å². The van der Waals surface area contributed by atoms with Crippen molar-refractivity contribution in [2.24, 2.45) is 11.0 Å². The third-order valence-corrected chi connectivity index (χ3v) is 5.76. The van der Waals surface area contributed by atoms with E-state index in [1.54, 1.807) is 18.3 Å². The quantitative estimate of drug-likeness (QED) is 0.384. The smallest absolute Gasteiger partial charge is 0.270 e. The van der Waals surface area contributed by atoms with Crippen molar-refractivity contribution in [1.82, 2.24) is 9.97 Å². The van der Waals surface area contributed by atoms with Gasteiger partial charge in [0.15, 0.2) is 0 Å². The standard InChI is InChI=1S/C26H27N5O2/c27-15-23-24(22-12-5-2-6-13-22)29-26(30-25(23)32)31-28-16-20-10-7-11-21(14-20)18-33-17-19-8-3-1-4-9-19/h2,5-7,10-14,16,19H,1,3-4,8-9,17-18H2,(H2,29,30,31,32). The molecule has 3 aromatic rings. The Balaban J connectivity index is 1.40. The molecule has 4 rings (SSSR count). The van der Waals surface area contributed by atoms with Gasteiger partial charge in [-0.15, -0.1) is 0 Å². The summed E-state index contributed by atoms with van der Waals surface area (Å²) in [4.78, 5) is 19.3. The molecule has 1 saturated carbocycles. The number of hydrogen-bond acceptors (Lipinski definition) is 6. The van der Waals surface area contributed by atoms with Crippen LogP contribution in [-0.2, 0) is 11.3 Å². The number of hydrogen-bond donors (Lipinski definition) is 2. The first-order valence-electron chi connectivity index (χ1n) is 11.3. The fourth-order valence-electron chi connectivity index (χ4n) is 4.06. The van der Waals surface area contributed by atoms with Crippen molar-refractivity contribution in [3.05, 3.63) is 81.6 Å². The van der Waals surface area contributed by atoms with Crippen molar-refractivity contribution in [3.63, 3.8) is 0 Å². The minimum Gasteiger partial charge on any atom is -0.376 e. The molecule has 1 aromatic heterocycles. The number of nitriles is 1. The number of H-pyrrole nitrogens is 1. The van der Waals surface area contributed by atoms with Gasteiger partial charge in [-0.1, -0.05) is 67.8 Å². The van der Waals surface area contributed by atoms with Gasteiger partial charge in [-0.25, -0.2) is 10.4 Å². The number of hydrazone groups is 1. The summed E-state index contributed by atoms with van der Waals surface area (Å²) in [7, 11) is 0. The second kappa shape index (κ2) is 11.2. The molecule has 1 aliphatic rings. The lowest BCUT2D eigenvalue weighted by atomic mass is 9.90. The van der Waals surface area contributed by atoms with Crippen molar-refractivity contribution in [1.29, 1.82) is 5.26 Å². The van der Waals surface area contributed by atoms with E-state index >= 15 is 0 Å². The molecule has 1 aliphatic carbocycles. The van der Waals surface area contributed by atoms with E-state index in [0.717, 1.165) is 17.7 Å². The Morgan fingerprint density at radius 2 is 1.97 bits per heavy atom. The van der Waals surface area contributed by atoms with Gasteiger partial charge in [0.2, 0.25) is 5.95 Å². The van der Waals surface area contributed by atoms with Gasteiger partial charge in [0.1, 0.15) is 11.6 Å². The van der Waals surface area contributed by atoms with Gasteiger partial charge >= 0.3 is 0 Å². The van der Waals surface area contributed by atoms with E-state index in [1.165, 1.54) is 32.1 Å². The van der Waals surface area contributed by atoms with E-state index in [1.807, 2.05) is 48.5 Å². The highest BCUT2D eigenvalue weighted by atomic mass is 16.5. The second-order valence-electron chi connectivity index (χ2n) is 8.25. The summed E-state index contributed by atoms with van der Waals surface area (Å²) in [6.45, 7) is 1.40. The van der Waals surface area contributed by atoms with Crippen LogP contribution in [0.3, 0.4) is 0 Å². The summed E-state index contributed by atoms with van der Waals surface area (Å²) in [5, 5.41) is 13.6. The van der Waals surface area contributed by atoms with Crippen LogP contribution in [0.4, 0.5) is 5.95 Å². The highest BCUT2D eigenvalue weighted by Gasteiger charge is 2.14. The zero-order chi connectivity index (χ0) is 22.9. The lowest BCUT2D eigenvalue weighted by Crippen LogP contribution is -2.16. The first-order valence-corrected chi connectivity index (χ1v) is 11.3. The Kier molecular flexibility index (Phi) is 7.62. The number of anilines is 1. The number of nitrogens with one attached hydrogen (secondary N) is 2. The lowest BCUT2D eigenvalue weighted by Gasteiger charge is -2.21. The zero-order valence-corrected chi connectivity index (χ0v) is 18.5. The van der Waals surface area contributed by atoms with E-state index in [9.17, 15) is 10.1 Å². The van der Waals surface area contributed by atoms with Crippen LogP contribution in [0, 0.1) is 17.2 Å². The SMILES string of the molecule is N#Cc1c(-c2ccccc2)nc(NN=Cc2cccc(COCC3CCCCC3)c2)[nH]c1=O. The molecule has 2 N–H and O–H groups in total. The largest absolute Gasteiger partial charge is 0.376 e. The third-order valence-electron chi connectivity index (χ3n) is 5.76. The zero-order valence-electron chi connectivity index (χ0n) is 18.5. The Morgan fingerprint density at radius 1 is 1.15 bits per heavy atom. The topological polar surface area (TPSA) is 103 Å². The number of ether oxygens (including phenoxy) is 1. The van der Waals surface area contributed by atoms with E-state index in [2.05, 4.69) is 20.5 Å². The maximum absolute atomic E-state index is 12.3. The van der Waals surface area contributed by atoms with E-state index in [0.29, 0.717) is 23.8 Å². The van der Waals surface area contributed by atoms with E-state index in [-0.39, 0.29) is 11.5 Å². The fourth-order valence-corrected chi connectivity index (χ4v) is 4.06. The van der Waals surface area contributed by atoms with Crippen LogP contribution >= 0.6 is 0 Å². The predicted molar refractivity (Wildman–Crippen MR) is 129 cm³/mol. The van der Waals surface area contributed by atoms with Crippen molar-refractivity contribution in [2.75, 3.05) is 12.0 Å². The first kappa shape index (κ1) is 22.4. The van der Waals surface area contributed by atoms with Crippen LogP contribution in [-0.4, -0.2) is 22.8 Å². The molecule has 168 valence electrons. The van der Waals surface area contributed by atoms with Gasteiger partial charge in [-0.3, -0.25) is 9.78 Å². The fraction of sp³-hybridized carbons (Fsp3) is 0.308. The average molecular weight is 442 g/mol. The monoisotopic (exact) mass is 441 g/mol. The number of benzene rings is 2. The van der Waals surface area contributed by atoms with Crippen molar-refractivity contribution < 1.29 is 4.74 Å². The maximum Gasteiger partial charge on any atom is 0.270 e. The maximum atomic E-state index is 12.3. The Labute approximate surface area is 193 Å². The number of aromatic amines is 1. The molecular weight excluding hydrogens is 414 g/mol. The second-order valence-corrected chi connectivity index (χ2v) is 8.25. The summed E-state index contributed by atoms with van der Waals surface area (Å²) < 4.78 is 5.94. The van der Waals surface area contributed by atoms with Gasteiger partial charge in [-0.05, 0) is 36.0 Å². The average Bonchev–Trinajstić information content (AvgIpc) is 2.85. The summed E-state index contributed by atoms with van der Waals surface area (Å²) in [6, 6.07) is 19.0. The molecule has 0 amide bonds. The molecule has 0 atom stereocenters. The minimum absolute atomic E-state index is 0.0309. The molecule has 0 saturated heterocycles. The van der Waals surface area contributed by atoms with Crippen LogP contribution in [0.15, 0.2) is 64.5 Å². The third kappa shape index (κ3) is 6.15. The lowest BCUT2D eigenvalue weighted by molar-refractivity contribution is 0.0739. The van der Waals surface area contributed by atoms with Crippen molar-refractivity contribution >= 4 is 12.2 Å². The van der Waals surface area contributed by atoms with Crippen LogP contribution in [0.2, 0.25) is 0 Å². The Morgan fingerprint density at radius 3 is 2.76 bits per heavy atom. The number of nitrogens with zero attached hydrogens (tertiary/aromatic N) is 3. The predicted octanol–water partition coefficient (Wildman–Crippen LogP) is 4.85. The normalized spacial score (nSPS) is 14.3. The van der Waals surface area contributed by atoms with Gasteiger partial charge < -0.3 is 4.74 Å². The number of rotatable bonds is 8. The van der Waals surface area contributed by atoms with Gasteiger partial charge in [0.25, 0.3) is 5.56 Å². The van der Waals surface area contributed by atoms with Crippen LogP contribution < -0.4 is 11.0 Å². The number of aromatic nitrogens is 2. The van der Waals surface area contributed by atoms with E-state index < -0.39 is 5.56 Å². The molecule has 7 heteroatoms. The highest BCUT2D eigenvalue weighted by molar-refractivity contribution is 5.80. The Bertz CT molecular complexity index is 1190. The molecule has 7 nitrogen and oxygen atoms in total. The summed E-state index contributed by atoms with van der Waals surface area (Å²) in [5.41, 5.74) is 5.22. The van der Waals surface area contributed by atoms with Crippen molar-refractivity contribution in [3.8, 4) is 17.3 Å². The molecule has 0 aliphatic heterocycles. The molecule has 1 fully saturated rings. The van der Waals surface area contributed by atoms with Crippen LogP contribution in [0.25, 0.3) is 11.3 Å². The summed E-state index contributed by atoms with van der Waals surface area (Å²) >= 11 is 0. The Hall–Kier alpha value is -3.76. The van der Waals surface area contributed by atoms with E-state index in [4.69, 9.17) is 4.74 Å². The minimum atomic E-state index is -0.513. The van der Waals surface area contributed by atoms with Crippen LogP contribution in [0.1, 0.15) is 48.8 Å². The molecule has 2 aromatic carbocycles. The summed E-state index contributed by atoms with van der Waals surface area (Å²) in [5.74, 6) is 0.858. The van der Waals surface area contributed by atoms with Crippen molar-refractivity contribution in [2.45, 2.75) is 38.7 Å². The molecule has 0 bridgehead atoms. The first-order chi connectivity index (χ1) is 16.2. The van der Waals surface area contributed by atoms with Gasteiger partial charge in [0, 0.05) is 12.2 Å². The molecule has 0 spiro atoms. The van der Waals surface area contributed by atoms with Crippen LogP contribution in [0.5, 0.6) is 0 Å². The summed E-state index contributed by atoms with van der Waals surface area (Å²) in [6.07, 6.45) is 8.19. The molecule has 0 unspecified atom stereocenters. The molecular formula is C26H27N5O2. The molecule has 1 heterocycles. The molecule has 0 radical (unpaired) electrons. The van der Waals surface area contributed by atoms with Gasteiger partial charge in [-0.2, -0.15) is 10.4 Å². The highest BCUT2D eigenvalue weighted by Crippen LogP contribution is 2.24. The molecule has 33 heavy (non-hydrogen) atoms.